The summed E-state index contributed by atoms with van der Waals surface area (Å²) in [6.07, 6.45) is 0. The summed E-state index contributed by atoms with van der Waals surface area (Å²) in [4.78, 5) is 28.8. The van der Waals surface area contributed by atoms with Crippen LogP contribution >= 0.6 is 0 Å². The molecule has 1 unspecified atom stereocenters. The molecule has 0 fully saturated rings. The van der Waals surface area contributed by atoms with Gasteiger partial charge in [0.15, 0.2) is 5.43 Å². The van der Waals surface area contributed by atoms with E-state index in [1.165, 1.54) is 12.1 Å². The largest absolute Gasteiger partial charge is 0.489 e. The first-order valence-electron chi connectivity index (χ1n) is 11.5. The number of hydrogen-bond acceptors (Lipinski definition) is 4. The molecule has 6 heteroatoms. The molecule has 0 spiro atoms. The zero-order valence-corrected chi connectivity index (χ0v) is 19.1. The molecule has 36 heavy (non-hydrogen) atoms. The van der Waals surface area contributed by atoms with E-state index in [0.29, 0.717) is 23.6 Å². The molecule has 5 nitrogen and oxygen atoms in total. The Morgan fingerprint density at radius 3 is 2.36 bits per heavy atom. The minimum atomic E-state index is -0.765. The van der Waals surface area contributed by atoms with Gasteiger partial charge in [0.05, 0.1) is 17.0 Å². The van der Waals surface area contributed by atoms with Crippen molar-refractivity contribution in [1.29, 1.82) is 0 Å². The molecular formula is C30H20FNO4. The molecule has 0 radical (unpaired) electrons. The Hall–Kier alpha value is -4.71. The van der Waals surface area contributed by atoms with Crippen molar-refractivity contribution in [1.82, 2.24) is 0 Å². The van der Waals surface area contributed by atoms with Crippen LogP contribution in [-0.2, 0) is 6.61 Å². The summed E-state index contributed by atoms with van der Waals surface area (Å²) in [7, 11) is 0. The molecule has 176 valence electrons. The van der Waals surface area contributed by atoms with Gasteiger partial charge in [-0.3, -0.25) is 14.5 Å². The molecule has 0 saturated heterocycles. The van der Waals surface area contributed by atoms with Crippen LogP contribution in [0.5, 0.6) is 5.75 Å². The second-order valence-electron chi connectivity index (χ2n) is 8.57. The van der Waals surface area contributed by atoms with Crippen LogP contribution in [0.25, 0.3) is 11.0 Å². The number of anilines is 1. The standard InChI is InChI=1S/C30H20FNO4/c31-21-14-15-25-24(17-21)28(33)26-27(32(30(34)29(26)36-25)22-11-5-2-6-12-22)20-10-7-13-23(16-20)35-18-19-8-3-1-4-9-19/h1-17,27H,18H2. The highest BCUT2D eigenvalue weighted by atomic mass is 19.1. The second-order valence-corrected chi connectivity index (χ2v) is 8.57. The second kappa shape index (κ2) is 8.82. The molecule has 1 amide bonds. The Bertz CT molecular complexity index is 1650. The molecule has 0 aliphatic carbocycles. The molecule has 6 rings (SSSR count). The number of hydrogen-bond donors (Lipinski definition) is 0. The zero-order chi connectivity index (χ0) is 24.6. The predicted molar refractivity (Wildman–Crippen MR) is 135 cm³/mol. The molecule has 4 aromatic carbocycles. The molecule has 0 bridgehead atoms. The van der Waals surface area contributed by atoms with E-state index in [4.69, 9.17) is 9.15 Å². The Kier molecular flexibility index (Phi) is 5.34. The lowest BCUT2D eigenvalue weighted by Gasteiger charge is -2.25. The van der Waals surface area contributed by atoms with Crippen molar-refractivity contribution in [2.75, 3.05) is 4.90 Å². The van der Waals surface area contributed by atoms with E-state index in [9.17, 15) is 14.0 Å². The van der Waals surface area contributed by atoms with E-state index in [1.54, 1.807) is 17.0 Å². The summed E-state index contributed by atoms with van der Waals surface area (Å²) in [5, 5.41) is 0.0953. The van der Waals surface area contributed by atoms with E-state index in [0.717, 1.165) is 11.6 Å². The minimum Gasteiger partial charge on any atom is -0.489 e. The number of fused-ring (bicyclic) bond motifs is 2. The Balaban J connectivity index is 1.49. The van der Waals surface area contributed by atoms with Gasteiger partial charge in [-0.05, 0) is 53.6 Å². The number of rotatable bonds is 5. The van der Waals surface area contributed by atoms with Crippen molar-refractivity contribution in [3.63, 3.8) is 0 Å². The normalized spacial score (nSPS) is 14.8. The molecule has 1 aromatic heterocycles. The van der Waals surface area contributed by atoms with Crippen LogP contribution in [0.3, 0.4) is 0 Å². The van der Waals surface area contributed by atoms with Crippen molar-refractivity contribution in [2.24, 2.45) is 0 Å². The number of amides is 1. The number of ether oxygens (including phenoxy) is 1. The van der Waals surface area contributed by atoms with E-state index >= 15 is 0 Å². The number of halogens is 1. The third kappa shape index (κ3) is 3.73. The van der Waals surface area contributed by atoms with Crippen LogP contribution < -0.4 is 15.1 Å². The van der Waals surface area contributed by atoms with Gasteiger partial charge in [-0.2, -0.15) is 0 Å². The SMILES string of the molecule is O=C1c2oc3ccc(F)cc3c(=O)c2C(c2cccc(OCc3ccccc3)c2)N1c1ccccc1. The number of nitrogens with zero attached hydrogens (tertiary/aromatic N) is 1. The van der Waals surface area contributed by atoms with Crippen molar-refractivity contribution in [2.45, 2.75) is 12.6 Å². The Morgan fingerprint density at radius 2 is 1.58 bits per heavy atom. The van der Waals surface area contributed by atoms with Crippen molar-refractivity contribution in [3.05, 3.63) is 142 Å². The van der Waals surface area contributed by atoms with E-state index in [2.05, 4.69) is 0 Å². The predicted octanol–water partition coefficient (Wildman–Crippen LogP) is 6.26. The molecule has 2 heterocycles. The van der Waals surface area contributed by atoms with Gasteiger partial charge >= 0.3 is 0 Å². The highest BCUT2D eigenvalue weighted by Crippen LogP contribution is 2.41. The van der Waals surface area contributed by atoms with Gasteiger partial charge in [-0.1, -0.05) is 60.7 Å². The lowest BCUT2D eigenvalue weighted by atomic mass is 9.98. The summed E-state index contributed by atoms with van der Waals surface area (Å²) in [5.74, 6) is -0.419. The zero-order valence-electron chi connectivity index (χ0n) is 19.1. The van der Waals surface area contributed by atoms with Gasteiger partial charge in [0.1, 0.15) is 23.8 Å². The van der Waals surface area contributed by atoms with Gasteiger partial charge in [-0.15, -0.1) is 0 Å². The minimum absolute atomic E-state index is 0.0384. The van der Waals surface area contributed by atoms with Gasteiger partial charge in [-0.25, -0.2) is 4.39 Å². The van der Waals surface area contributed by atoms with Crippen LogP contribution in [0.4, 0.5) is 10.1 Å². The quantitative estimate of drug-likeness (QED) is 0.300. The molecule has 0 saturated carbocycles. The van der Waals surface area contributed by atoms with Crippen LogP contribution in [-0.4, -0.2) is 5.91 Å². The average Bonchev–Trinajstić information content (AvgIpc) is 3.21. The van der Waals surface area contributed by atoms with Crippen LogP contribution in [0.1, 0.15) is 33.3 Å². The summed E-state index contributed by atoms with van der Waals surface area (Å²) < 4.78 is 25.9. The lowest BCUT2D eigenvalue weighted by Crippen LogP contribution is -2.29. The highest BCUT2D eigenvalue weighted by molar-refractivity contribution is 6.10. The fourth-order valence-corrected chi connectivity index (χ4v) is 4.63. The fraction of sp³-hybridized carbons (Fsp3) is 0.0667. The van der Waals surface area contributed by atoms with Gasteiger partial charge in [0.2, 0.25) is 5.76 Å². The van der Waals surface area contributed by atoms with E-state index in [-0.39, 0.29) is 22.3 Å². The van der Waals surface area contributed by atoms with Crippen LogP contribution in [0, 0.1) is 5.82 Å². The van der Waals surface area contributed by atoms with Crippen molar-refractivity contribution < 1.29 is 18.3 Å². The van der Waals surface area contributed by atoms with Gasteiger partial charge in [0.25, 0.3) is 5.91 Å². The average molecular weight is 477 g/mol. The monoisotopic (exact) mass is 477 g/mol. The molecule has 1 aliphatic rings. The molecule has 5 aromatic rings. The topological polar surface area (TPSA) is 59.8 Å². The highest BCUT2D eigenvalue weighted by Gasteiger charge is 2.43. The fourth-order valence-electron chi connectivity index (χ4n) is 4.63. The van der Waals surface area contributed by atoms with E-state index in [1.807, 2.05) is 72.8 Å². The summed E-state index contributed by atoms with van der Waals surface area (Å²) >= 11 is 0. The van der Waals surface area contributed by atoms with Crippen LogP contribution in [0.15, 0.2) is 112 Å². The molecule has 1 atom stereocenters. The third-order valence-corrected chi connectivity index (χ3v) is 6.29. The number of para-hydroxylation sites is 1. The first-order chi connectivity index (χ1) is 17.6. The molecule has 0 N–H and O–H groups in total. The van der Waals surface area contributed by atoms with Crippen molar-refractivity contribution in [3.8, 4) is 5.75 Å². The number of carbonyl (C=O) groups excluding carboxylic acids is 1. The maximum absolute atomic E-state index is 14.0. The number of benzene rings is 4. The van der Waals surface area contributed by atoms with Gasteiger partial charge < -0.3 is 9.15 Å². The maximum Gasteiger partial charge on any atom is 0.295 e. The first-order valence-corrected chi connectivity index (χ1v) is 11.5. The number of carbonyl (C=O) groups is 1. The summed E-state index contributed by atoms with van der Waals surface area (Å²) in [5.41, 5.74) is 2.23. The Morgan fingerprint density at radius 1 is 0.833 bits per heavy atom. The molecule has 1 aliphatic heterocycles. The molecular weight excluding hydrogens is 457 g/mol. The van der Waals surface area contributed by atoms with Gasteiger partial charge in [0, 0.05) is 5.69 Å². The summed E-state index contributed by atoms with van der Waals surface area (Å²) in [6.45, 7) is 0.374. The lowest BCUT2D eigenvalue weighted by molar-refractivity contribution is 0.0971. The Labute approximate surface area is 206 Å². The summed E-state index contributed by atoms with van der Waals surface area (Å²) in [6, 6.07) is 29.2. The first kappa shape index (κ1) is 21.8. The van der Waals surface area contributed by atoms with Crippen LogP contribution in [0.2, 0.25) is 0 Å². The third-order valence-electron chi connectivity index (χ3n) is 6.29. The van der Waals surface area contributed by atoms with Crippen molar-refractivity contribution >= 4 is 22.6 Å². The maximum atomic E-state index is 14.0. The smallest absolute Gasteiger partial charge is 0.295 e. The van der Waals surface area contributed by atoms with E-state index < -0.39 is 23.2 Å².